The second kappa shape index (κ2) is 7.36. The van der Waals surface area contributed by atoms with E-state index in [0.717, 1.165) is 24.3 Å². The highest BCUT2D eigenvalue weighted by atomic mass is 35.5. The number of carbonyl (C=O) groups excluding carboxylic acids is 1. The van der Waals surface area contributed by atoms with E-state index in [2.05, 4.69) is 0 Å². The summed E-state index contributed by atoms with van der Waals surface area (Å²) in [4.78, 5) is 15.7. The molecule has 0 atom stereocenters. The molecule has 1 aromatic rings. The van der Waals surface area contributed by atoms with E-state index < -0.39 is 0 Å². The summed E-state index contributed by atoms with van der Waals surface area (Å²) < 4.78 is 0. The number of rotatable bonds is 6. The molecule has 1 rings (SSSR count). The van der Waals surface area contributed by atoms with Crippen molar-refractivity contribution in [3.05, 3.63) is 28.8 Å². The van der Waals surface area contributed by atoms with Crippen LogP contribution in [0.15, 0.2) is 18.2 Å². The van der Waals surface area contributed by atoms with Crippen molar-refractivity contribution in [2.75, 3.05) is 31.6 Å². The van der Waals surface area contributed by atoms with Gasteiger partial charge in [0.25, 0.3) is 0 Å². The van der Waals surface area contributed by atoms with Crippen molar-refractivity contribution >= 4 is 23.2 Å². The molecule has 0 radical (unpaired) electrons. The minimum atomic E-state index is 0.117. The normalized spacial score (nSPS) is 10.4. The molecule has 106 valence electrons. The van der Waals surface area contributed by atoms with Gasteiger partial charge in [-0.05, 0) is 31.5 Å². The molecule has 19 heavy (non-hydrogen) atoms. The van der Waals surface area contributed by atoms with E-state index in [1.807, 2.05) is 48.9 Å². The fraction of sp³-hybridized carbons (Fsp3) is 0.500. The van der Waals surface area contributed by atoms with Gasteiger partial charge < -0.3 is 15.5 Å². The number of carbonyl (C=O) groups is 1. The van der Waals surface area contributed by atoms with Crippen LogP contribution in [-0.4, -0.2) is 37.5 Å². The second-order valence-electron chi connectivity index (χ2n) is 4.40. The molecule has 0 heterocycles. The summed E-state index contributed by atoms with van der Waals surface area (Å²) >= 11 is 6.13. The maximum Gasteiger partial charge on any atom is 0.242 e. The Bertz CT molecular complexity index is 433. The zero-order valence-electron chi connectivity index (χ0n) is 11.8. The van der Waals surface area contributed by atoms with E-state index in [-0.39, 0.29) is 5.91 Å². The lowest BCUT2D eigenvalue weighted by atomic mass is 10.2. The Morgan fingerprint density at radius 3 is 2.42 bits per heavy atom. The van der Waals surface area contributed by atoms with Crippen LogP contribution in [0.25, 0.3) is 0 Å². The largest absolute Gasteiger partial charge is 0.365 e. The second-order valence-corrected chi connectivity index (χ2v) is 4.81. The van der Waals surface area contributed by atoms with Crippen molar-refractivity contribution < 1.29 is 4.79 Å². The minimum absolute atomic E-state index is 0.117. The molecule has 0 saturated carbocycles. The lowest BCUT2D eigenvalue weighted by Crippen LogP contribution is -2.38. The Balaban J connectivity index is 2.75. The lowest BCUT2D eigenvalue weighted by Gasteiger charge is -2.24. The first kappa shape index (κ1) is 15.8. The Morgan fingerprint density at radius 2 is 1.95 bits per heavy atom. The van der Waals surface area contributed by atoms with Crippen molar-refractivity contribution in [2.45, 2.75) is 20.4 Å². The van der Waals surface area contributed by atoms with Crippen LogP contribution < -0.4 is 10.6 Å². The molecule has 0 bridgehead atoms. The van der Waals surface area contributed by atoms with Gasteiger partial charge in [0.15, 0.2) is 0 Å². The molecule has 0 unspecified atom stereocenters. The van der Waals surface area contributed by atoms with Gasteiger partial charge in [-0.25, -0.2) is 0 Å². The molecule has 2 N–H and O–H groups in total. The van der Waals surface area contributed by atoms with Gasteiger partial charge in [0.2, 0.25) is 5.91 Å². The van der Waals surface area contributed by atoms with Crippen molar-refractivity contribution in [1.29, 1.82) is 0 Å². The van der Waals surface area contributed by atoms with Crippen LogP contribution >= 0.6 is 11.6 Å². The van der Waals surface area contributed by atoms with Crippen LogP contribution in [0.2, 0.25) is 5.02 Å². The van der Waals surface area contributed by atoms with Gasteiger partial charge in [0.1, 0.15) is 0 Å². The molecule has 4 nitrogen and oxygen atoms in total. The van der Waals surface area contributed by atoms with Crippen LogP contribution in [0.4, 0.5) is 5.69 Å². The molecular weight excluding hydrogens is 262 g/mol. The van der Waals surface area contributed by atoms with Gasteiger partial charge in [0, 0.05) is 37.4 Å². The van der Waals surface area contributed by atoms with Gasteiger partial charge in [-0.2, -0.15) is 0 Å². The van der Waals surface area contributed by atoms with E-state index in [1.54, 1.807) is 0 Å². The number of halogens is 1. The maximum absolute atomic E-state index is 12.0. The third-order valence-electron chi connectivity index (χ3n) is 3.19. The summed E-state index contributed by atoms with van der Waals surface area (Å²) in [6.07, 6.45) is 0. The van der Waals surface area contributed by atoms with Crippen molar-refractivity contribution in [3.63, 3.8) is 0 Å². The topological polar surface area (TPSA) is 49.6 Å². The number of hydrogen-bond donors (Lipinski definition) is 1. The third-order valence-corrected chi connectivity index (χ3v) is 3.54. The Labute approximate surface area is 120 Å². The highest BCUT2D eigenvalue weighted by molar-refractivity contribution is 6.31. The van der Waals surface area contributed by atoms with E-state index in [4.69, 9.17) is 17.3 Å². The van der Waals surface area contributed by atoms with Crippen molar-refractivity contribution in [2.24, 2.45) is 5.73 Å². The molecule has 0 spiro atoms. The molecule has 1 aromatic carbocycles. The van der Waals surface area contributed by atoms with Crippen LogP contribution in [0.3, 0.4) is 0 Å². The molecule has 1 amide bonds. The number of nitrogens with two attached hydrogens (primary N) is 1. The summed E-state index contributed by atoms with van der Waals surface area (Å²) in [5.74, 6) is 0.117. The standard InChI is InChI=1S/C14H22ClN3O/c1-4-18(5-2)14(19)10-17(3)12-7-6-11(9-16)13(15)8-12/h6-8H,4-5,9-10,16H2,1-3H3. The van der Waals surface area contributed by atoms with E-state index in [9.17, 15) is 4.79 Å². The summed E-state index contributed by atoms with van der Waals surface area (Å²) in [6, 6.07) is 5.68. The van der Waals surface area contributed by atoms with Crippen LogP contribution in [0, 0.1) is 0 Å². The summed E-state index contributed by atoms with van der Waals surface area (Å²) in [5, 5.41) is 0.641. The fourth-order valence-electron chi connectivity index (χ4n) is 1.91. The molecule has 0 aliphatic carbocycles. The Morgan fingerprint density at radius 1 is 1.32 bits per heavy atom. The average Bonchev–Trinajstić information content (AvgIpc) is 2.39. The maximum atomic E-state index is 12.0. The average molecular weight is 284 g/mol. The highest BCUT2D eigenvalue weighted by Gasteiger charge is 2.13. The van der Waals surface area contributed by atoms with Crippen molar-refractivity contribution in [3.8, 4) is 0 Å². The number of likely N-dealkylation sites (N-methyl/N-ethyl adjacent to an activating group) is 2. The summed E-state index contributed by atoms with van der Waals surface area (Å²) in [5.41, 5.74) is 7.40. The van der Waals surface area contributed by atoms with E-state index in [0.29, 0.717) is 18.1 Å². The predicted molar refractivity (Wildman–Crippen MR) is 80.5 cm³/mol. The number of benzene rings is 1. The van der Waals surface area contributed by atoms with Gasteiger partial charge in [-0.1, -0.05) is 17.7 Å². The molecule has 0 aromatic heterocycles. The van der Waals surface area contributed by atoms with Gasteiger partial charge in [-0.15, -0.1) is 0 Å². The number of anilines is 1. The molecular formula is C14H22ClN3O. The highest BCUT2D eigenvalue weighted by Crippen LogP contribution is 2.22. The zero-order valence-corrected chi connectivity index (χ0v) is 12.6. The first-order valence-corrected chi connectivity index (χ1v) is 6.88. The zero-order chi connectivity index (χ0) is 14.4. The molecule has 0 saturated heterocycles. The van der Waals surface area contributed by atoms with Crippen LogP contribution in [0.1, 0.15) is 19.4 Å². The Kier molecular flexibility index (Phi) is 6.12. The van der Waals surface area contributed by atoms with Gasteiger partial charge in [-0.3, -0.25) is 4.79 Å². The molecule has 0 aliphatic rings. The smallest absolute Gasteiger partial charge is 0.242 e. The molecule has 0 aliphatic heterocycles. The quantitative estimate of drug-likeness (QED) is 0.870. The third kappa shape index (κ3) is 4.11. The van der Waals surface area contributed by atoms with Crippen molar-refractivity contribution in [1.82, 2.24) is 4.90 Å². The lowest BCUT2D eigenvalue weighted by molar-refractivity contribution is -0.129. The number of nitrogens with zero attached hydrogens (tertiary/aromatic N) is 2. The number of hydrogen-bond acceptors (Lipinski definition) is 3. The summed E-state index contributed by atoms with van der Waals surface area (Å²) in [6.45, 7) is 6.19. The first-order valence-electron chi connectivity index (χ1n) is 6.50. The van der Waals surface area contributed by atoms with Crippen LogP contribution in [-0.2, 0) is 11.3 Å². The SMILES string of the molecule is CCN(CC)C(=O)CN(C)c1ccc(CN)c(Cl)c1. The molecule has 0 fully saturated rings. The molecule has 5 heteroatoms. The minimum Gasteiger partial charge on any atom is -0.365 e. The fourth-order valence-corrected chi connectivity index (χ4v) is 2.16. The predicted octanol–water partition coefficient (Wildman–Crippen LogP) is 2.10. The monoisotopic (exact) mass is 283 g/mol. The number of amides is 1. The first-order chi connectivity index (χ1) is 9.03. The van der Waals surface area contributed by atoms with E-state index >= 15 is 0 Å². The Hall–Kier alpha value is -1.26. The van der Waals surface area contributed by atoms with Gasteiger partial charge >= 0.3 is 0 Å². The van der Waals surface area contributed by atoms with E-state index in [1.165, 1.54) is 0 Å². The summed E-state index contributed by atoms with van der Waals surface area (Å²) in [7, 11) is 1.88. The van der Waals surface area contributed by atoms with Crippen LogP contribution in [0.5, 0.6) is 0 Å². The van der Waals surface area contributed by atoms with Gasteiger partial charge in [0.05, 0.1) is 6.54 Å².